The summed E-state index contributed by atoms with van der Waals surface area (Å²) < 4.78 is 12.7. The second-order valence-corrected chi connectivity index (χ2v) is 2.02. The number of hydrogen-bond acceptors (Lipinski definition) is 3. The van der Waals surface area contributed by atoms with Gasteiger partial charge in [0.2, 0.25) is 0 Å². The molecule has 0 bridgehead atoms. The van der Waals surface area contributed by atoms with E-state index in [0.29, 0.717) is 0 Å². The molecule has 0 amide bonds. The summed E-state index contributed by atoms with van der Waals surface area (Å²) in [5.74, 6) is -0.742. The van der Waals surface area contributed by atoms with Crippen LogP contribution in [0.3, 0.4) is 0 Å². The number of thiocarbonyl (C=S) groups is 1. The van der Waals surface area contributed by atoms with Crippen LogP contribution >= 0.6 is 12.2 Å². The van der Waals surface area contributed by atoms with Crippen LogP contribution in [0.4, 0.5) is 10.1 Å². The first-order valence-electron chi connectivity index (χ1n) is 2.80. The maximum atomic E-state index is 12.7. The zero-order valence-electron chi connectivity index (χ0n) is 5.41. The van der Waals surface area contributed by atoms with Crippen LogP contribution in [0.5, 0.6) is 5.75 Å². The maximum Gasteiger partial charge on any atom is 0.153 e. The molecule has 1 N–H and O–H groups in total. The number of hydrogen-bond donors (Lipinski definition) is 1. The van der Waals surface area contributed by atoms with Crippen molar-refractivity contribution in [3.05, 3.63) is 24.0 Å². The van der Waals surface area contributed by atoms with Gasteiger partial charge in [-0.2, -0.15) is 4.99 Å². The molecule has 2 nitrogen and oxygen atoms in total. The van der Waals surface area contributed by atoms with Crippen molar-refractivity contribution in [2.45, 2.75) is 0 Å². The fraction of sp³-hybridized carbons (Fsp3) is 0. The normalized spacial score (nSPS) is 8.82. The zero-order valence-corrected chi connectivity index (χ0v) is 6.23. The van der Waals surface area contributed by atoms with Crippen LogP contribution in [-0.4, -0.2) is 10.3 Å². The number of rotatable bonds is 1. The third kappa shape index (κ3) is 1.83. The SMILES string of the molecule is Oc1ccc(N=C=S)c(F)c1. The Morgan fingerprint density at radius 1 is 1.55 bits per heavy atom. The lowest BCUT2D eigenvalue weighted by molar-refractivity contribution is 0.469. The first-order valence-corrected chi connectivity index (χ1v) is 3.21. The van der Waals surface area contributed by atoms with Gasteiger partial charge in [-0.1, -0.05) is 0 Å². The number of phenolic OH excluding ortho intramolecular Hbond substituents is 1. The average Bonchev–Trinajstić information content (AvgIpc) is 1.95. The molecule has 0 fully saturated rings. The number of phenols is 1. The van der Waals surface area contributed by atoms with Gasteiger partial charge < -0.3 is 5.11 Å². The highest BCUT2D eigenvalue weighted by molar-refractivity contribution is 7.78. The Hall–Kier alpha value is -1.25. The van der Waals surface area contributed by atoms with Crippen LogP contribution in [0.1, 0.15) is 0 Å². The molecule has 1 rings (SSSR count). The molecular formula is C7H4FNOS. The molecule has 0 saturated heterocycles. The van der Waals surface area contributed by atoms with Crippen molar-refractivity contribution in [1.29, 1.82) is 0 Å². The lowest BCUT2D eigenvalue weighted by Gasteiger charge is -1.93. The Balaban J connectivity index is 3.19. The summed E-state index contributed by atoms with van der Waals surface area (Å²) in [7, 11) is 0. The van der Waals surface area contributed by atoms with Gasteiger partial charge in [-0.3, -0.25) is 0 Å². The van der Waals surface area contributed by atoms with Crippen molar-refractivity contribution < 1.29 is 9.50 Å². The van der Waals surface area contributed by atoms with E-state index in [-0.39, 0.29) is 11.4 Å². The highest BCUT2D eigenvalue weighted by atomic mass is 32.1. The molecule has 1 aromatic rings. The van der Waals surface area contributed by atoms with Crippen LogP contribution in [0.15, 0.2) is 23.2 Å². The second kappa shape index (κ2) is 3.23. The minimum atomic E-state index is -0.609. The molecule has 0 aliphatic carbocycles. The monoisotopic (exact) mass is 169 g/mol. The van der Waals surface area contributed by atoms with E-state index in [1.165, 1.54) is 12.1 Å². The predicted molar refractivity (Wildman–Crippen MR) is 42.8 cm³/mol. The summed E-state index contributed by atoms with van der Waals surface area (Å²) >= 11 is 4.28. The third-order valence-corrected chi connectivity index (χ3v) is 1.19. The van der Waals surface area contributed by atoms with E-state index < -0.39 is 5.82 Å². The van der Waals surface area contributed by atoms with E-state index in [9.17, 15) is 4.39 Å². The van der Waals surface area contributed by atoms with Crippen molar-refractivity contribution in [3.63, 3.8) is 0 Å². The van der Waals surface area contributed by atoms with Crippen LogP contribution < -0.4 is 0 Å². The van der Waals surface area contributed by atoms with Crippen LogP contribution in [-0.2, 0) is 0 Å². The highest BCUT2D eigenvalue weighted by Gasteiger charge is 1.99. The smallest absolute Gasteiger partial charge is 0.153 e. The van der Waals surface area contributed by atoms with E-state index in [4.69, 9.17) is 5.11 Å². The summed E-state index contributed by atoms with van der Waals surface area (Å²) in [6, 6.07) is 3.62. The fourth-order valence-electron chi connectivity index (χ4n) is 0.636. The minimum absolute atomic E-state index is 0.0813. The average molecular weight is 169 g/mol. The van der Waals surface area contributed by atoms with E-state index in [0.717, 1.165) is 6.07 Å². The van der Waals surface area contributed by atoms with Crippen molar-refractivity contribution in [3.8, 4) is 5.75 Å². The van der Waals surface area contributed by atoms with Gasteiger partial charge in [0.1, 0.15) is 11.4 Å². The number of aromatic hydroxyl groups is 1. The molecule has 0 saturated carbocycles. The van der Waals surface area contributed by atoms with Gasteiger partial charge in [-0.25, -0.2) is 4.39 Å². The van der Waals surface area contributed by atoms with Gasteiger partial charge in [-0.05, 0) is 24.4 Å². The predicted octanol–water partition coefficient (Wildman–Crippen LogP) is 2.27. The number of isothiocyanates is 1. The van der Waals surface area contributed by atoms with E-state index >= 15 is 0 Å². The van der Waals surface area contributed by atoms with Gasteiger partial charge >= 0.3 is 0 Å². The molecule has 0 spiro atoms. The van der Waals surface area contributed by atoms with Crippen molar-refractivity contribution >= 4 is 23.1 Å². The standard InChI is InChI=1S/C7H4FNOS/c8-6-3-5(10)1-2-7(6)9-4-11/h1-3,10H. The molecule has 0 aromatic heterocycles. The molecule has 0 aliphatic rings. The minimum Gasteiger partial charge on any atom is -0.508 e. The summed E-state index contributed by atoms with van der Waals surface area (Å²) in [6.07, 6.45) is 0. The Kier molecular flexibility index (Phi) is 2.31. The second-order valence-electron chi connectivity index (χ2n) is 1.84. The topological polar surface area (TPSA) is 32.6 Å². The Morgan fingerprint density at radius 3 is 2.82 bits per heavy atom. The number of nitrogens with zero attached hydrogens (tertiary/aromatic N) is 1. The van der Waals surface area contributed by atoms with Crippen LogP contribution in [0.25, 0.3) is 0 Å². The van der Waals surface area contributed by atoms with Gasteiger partial charge in [0.15, 0.2) is 5.82 Å². The molecule has 0 unspecified atom stereocenters. The lowest BCUT2D eigenvalue weighted by atomic mass is 10.3. The van der Waals surface area contributed by atoms with Crippen molar-refractivity contribution in [2.75, 3.05) is 0 Å². The summed E-state index contributed by atoms with van der Waals surface area (Å²) in [6.45, 7) is 0. The van der Waals surface area contributed by atoms with E-state index in [2.05, 4.69) is 17.2 Å². The molecule has 0 radical (unpaired) electrons. The lowest BCUT2D eigenvalue weighted by Crippen LogP contribution is -1.73. The van der Waals surface area contributed by atoms with Crippen molar-refractivity contribution in [2.24, 2.45) is 4.99 Å². The Bertz CT molecular complexity index is 320. The van der Waals surface area contributed by atoms with Gasteiger partial charge in [0.05, 0.1) is 5.16 Å². The Morgan fingerprint density at radius 2 is 2.27 bits per heavy atom. The molecule has 11 heavy (non-hydrogen) atoms. The molecule has 0 atom stereocenters. The van der Waals surface area contributed by atoms with Gasteiger partial charge in [0, 0.05) is 6.07 Å². The highest BCUT2D eigenvalue weighted by Crippen LogP contribution is 2.21. The largest absolute Gasteiger partial charge is 0.508 e. The van der Waals surface area contributed by atoms with Crippen molar-refractivity contribution in [1.82, 2.24) is 0 Å². The van der Waals surface area contributed by atoms with E-state index in [1.807, 2.05) is 5.16 Å². The first kappa shape index (κ1) is 7.85. The summed E-state index contributed by atoms with van der Waals surface area (Å²) in [5.41, 5.74) is 0.0813. The fourth-order valence-corrected chi connectivity index (χ4v) is 0.734. The molecule has 0 heterocycles. The third-order valence-electron chi connectivity index (χ3n) is 1.10. The molecular weight excluding hydrogens is 165 g/mol. The number of halogens is 1. The molecule has 1 aromatic carbocycles. The zero-order chi connectivity index (χ0) is 8.27. The molecule has 4 heteroatoms. The van der Waals surface area contributed by atoms with E-state index in [1.54, 1.807) is 0 Å². The maximum absolute atomic E-state index is 12.7. The quantitative estimate of drug-likeness (QED) is 0.516. The van der Waals surface area contributed by atoms with Crippen LogP contribution in [0, 0.1) is 5.82 Å². The molecule has 56 valence electrons. The first-order chi connectivity index (χ1) is 5.24. The summed E-state index contributed by atoms with van der Waals surface area (Å²) in [5, 5.41) is 10.8. The molecule has 0 aliphatic heterocycles. The van der Waals surface area contributed by atoms with Crippen LogP contribution in [0.2, 0.25) is 0 Å². The number of benzene rings is 1. The summed E-state index contributed by atoms with van der Waals surface area (Å²) in [4.78, 5) is 3.43. The van der Waals surface area contributed by atoms with Gasteiger partial charge in [-0.15, -0.1) is 0 Å². The Labute approximate surface area is 68.0 Å². The number of aliphatic imine (C=N–C) groups is 1. The van der Waals surface area contributed by atoms with Gasteiger partial charge in [0.25, 0.3) is 0 Å².